The predicted octanol–water partition coefficient (Wildman–Crippen LogP) is 7.53. The number of carbonyl (C=O) groups excluding carboxylic acids is 2. The molecule has 2 amide bonds. The lowest BCUT2D eigenvalue weighted by Crippen LogP contribution is -2.31. The molecule has 0 aliphatic heterocycles. The van der Waals surface area contributed by atoms with Crippen LogP contribution in [0.5, 0.6) is 34.5 Å². The fourth-order valence-electron chi connectivity index (χ4n) is 7.90. The Kier molecular flexibility index (Phi) is 15.2. The van der Waals surface area contributed by atoms with Crippen LogP contribution in [-0.2, 0) is 22.4 Å². The molecule has 4 aromatic carbocycles. The normalized spacial score (nSPS) is 15.1. The molecule has 0 spiro atoms. The number of fused-ring (bicyclic) bond motifs is 6. The van der Waals surface area contributed by atoms with Crippen LogP contribution >= 0.6 is 45.1 Å². The molecule has 12 nitrogen and oxygen atoms in total. The summed E-state index contributed by atoms with van der Waals surface area (Å²) in [4.78, 5) is 55.0. The first-order valence-electron chi connectivity index (χ1n) is 19.0. The van der Waals surface area contributed by atoms with Crippen molar-refractivity contribution >= 4 is 56.9 Å². The average molecular weight is 893 g/mol. The maximum atomic E-state index is 13.6. The quantitative estimate of drug-likeness (QED) is 0.0689. The summed E-state index contributed by atoms with van der Waals surface area (Å²) in [5.74, 6) is 2.54. The van der Waals surface area contributed by atoms with Crippen LogP contribution in [0.2, 0.25) is 0 Å². The Labute approximate surface area is 366 Å². The molecule has 2 aliphatic rings. The molecule has 6 rings (SSSR count). The number of hydrogen-bond acceptors (Lipinski definition) is 14. The van der Waals surface area contributed by atoms with Gasteiger partial charge in [-0.05, 0) is 108 Å². The van der Waals surface area contributed by atoms with E-state index in [1.165, 1.54) is 45.1 Å². The summed E-state index contributed by atoms with van der Waals surface area (Å²) in [7, 11) is 11.9. The summed E-state index contributed by atoms with van der Waals surface area (Å²) in [5, 5.41) is 6.33. The second kappa shape index (κ2) is 20.3. The Morgan fingerprint density at radius 3 is 1.28 bits per heavy atom. The van der Waals surface area contributed by atoms with Gasteiger partial charge in [-0.3, -0.25) is 19.2 Å². The number of thioether (sulfide) groups is 2. The van der Waals surface area contributed by atoms with Gasteiger partial charge in [0.1, 0.15) is 0 Å². The van der Waals surface area contributed by atoms with E-state index in [2.05, 4.69) is 10.6 Å². The number of methoxy groups -OCH3 is 6. The van der Waals surface area contributed by atoms with Crippen molar-refractivity contribution in [2.75, 3.05) is 66.7 Å². The van der Waals surface area contributed by atoms with Crippen LogP contribution in [0.3, 0.4) is 0 Å². The van der Waals surface area contributed by atoms with Gasteiger partial charge in [-0.15, -0.1) is 23.5 Å². The van der Waals surface area contributed by atoms with E-state index in [4.69, 9.17) is 28.4 Å². The van der Waals surface area contributed by atoms with Crippen LogP contribution < -0.4 is 49.9 Å². The van der Waals surface area contributed by atoms with Gasteiger partial charge in [0, 0.05) is 11.1 Å². The minimum atomic E-state index is -0.484. The summed E-state index contributed by atoms with van der Waals surface area (Å²) in [6.45, 7) is 0. The Balaban J connectivity index is 1.18. The Morgan fingerprint density at radius 2 is 0.950 bits per heavy atom. The molecule has 2 aliphatic carbocycles. The third kappa shape index (κ3) is 9.16. The SMILES string of the molecule is COc1cc2c(c(OC)c1OC)-c1ccc(SC)c(=O)cc1[C@@H](NC(=O)CSSCC(=O)N[C@H]1CCc3cc(OC)c(OC)c(OC)c3-c3ccc(SC)c(=O)cc31)CC2. The standard InChI is InChI=1S/C44H48N2O10S4/c1-51-33-17-23-9-13-29(27-19-31(47)35(57-7)15-11-25(27)39(23)43(55-5)41(33)53-3)45-37(49)21-59-60-22-38(50)46-30-14-10-24-18-34(52-2)42(54-4)44(56-6)40(24)26-12-16-36(58-8)32(48)20-28(26)30/h11-12,15-20,29-30H,9-10,13-14,21-22H2,1-8H3,(H,45,49)(H,46,50)/t29-,30-/m0/s1. The fraction of sp³-hybridized carbons (Fsp3) is 0.364. The van der Waals surface area contributed by atoms with Crippen molar-refractivity contribution in [3.05, 3.63) is 91.2 Å². The van der Waals surface area contributed by atoms with Crippen LogP contribution in [0.15, 0.2) is 67.9 Å². The second-order valence-electron chi connectivity index (χ2n) is 13.8. The summed E-state index contributed by atoms with van der Waals surface area (Å²) in [5.41, 5.74) is 6.00. The number of benzene rings is 2. The van der Waals surface area contributed by atoms with Crippen LogP contribution in [0, 0.1) is 0 Å². The lowest BCUT2D eigenvalue weighted by Gasteiger charge is -2.20. The van der Waals surface area contributed by atoms with Gasteiger partial charge in [0.2, 0.25) is 23.3 Å². The van der Waals surface area contributed by atoms with Crippen LogP contribution in [-0.4, -0.2) is 78.5 Å². The van der Waals surface area contributed by atoms with Gasteiger partial charge in [0.15, 0.2) is 33.9 Å². The zero-order chi connectivity index (χ0) is 43.1. The molecule has 0 unspecified atom stereocenters. The lowest BCUT2D eigenvalue weighted by atomic mass is 9.95. The first kappa shape index (κ1) is 44.9. The van der Waals surface area contributed by atoms with Crippen LogP contribution in [0.25, 0.3) is 22.3 Å². The number of hydrogen-bond donors (Lipinski definition) is 2. The topological polar surface area (TPSA) is 148 Å². The third-order valence-corrected chi connectivity index (χ3v) is 14.3. The number of ether oxygens (including phenoxy) is 6. The van der Waals surface area contributed by atoms with Crippen molar-refractivity contribution in [2.45, 2.75) is 47.6 Å². The van der Waals surface area contributed by atoms with Crippen molar-refractivity contribution < 1.29 is 38.0 Å². The highest BCUT2D eigenvalue weighted by atomic mass is 33.1. The largest absolute Gasteiger partial charge is 0.493 e. The summed E-state index contributed by atoms with van der Waals surface area (Å²) in [6, 6.07) is 13.5. The van der Waals surface area contributed by atoms with E-state index in [0.717, 1.165) is 33.4 Å². The van der Waals surface area contributed by atoms with Crippen LogP contribution in [0.4, 0.5) is 0 Å². The van der Waals surface area contributed by atoms with E-state index in [9.17, 15) is 19.2 Å². The Morgan fingerprint density at radius 1 is 0.567 bits per heavy atom. The van der Waals surface area contributed by atoms with Gasteiger partial charge in [-0.2, -0.15) is 0 Å². The minimum Gasteiger partial charge on any atom is -0.493 e. The number of carbonyl (C=O) groups is 2. The third-order valence-electron chi connectivity index (χ3n) is 10.6. The fourth-order valence-corrected chi connectivity index (χ4v) is 10.5. The number of rotatable bonds is 15. The van der Waals surface area contributed by atoms with Gasteiger partial charge >= 0.3 is 0 Å². The van der Waals surface area contributed by atoms with Crippen molar-refractivity contribution in [3.8, 4) is 56.8 Å². The number of amides is 2. The summed E-state index contributed by atoms with van der Waals surface area (Å²) >= 11 is 2.71. The van der Waals surface area contributed by atoms with Crippen molar-refractivity contribution in [3.63, 3.8) is 0 Å². The number of nitrogens with one attached hydrogen (secondary N) is 2. The molecule has 16 heteroatoms. The maximum absolute atomic E-state index is 13.6. The highest BCUT2D eigenvalue weighted by Gasteiger charge is 2.32. The van der Waals surface area contributed by atoms with Gasteiger partial charge in [0.05, 0.1) is 76.0 Å². The Bertz CT molecular complexity index is 2250. The van der Waals surface area contributed by atoms with Crippen molar-refractivity contribution in [2.24, 2.45) is 0 Å². The lowest BCUT2D eigenvalue weighted by molar-refractivity contribution is -0.120. The molecule has 0 saturated heterocycles. The first-order valence-corrected chi connectivity index (χ1v) is 23.9. The first-order chi connectivity index (χ1) is 29.0. The van der Waals surface area contributed by atoms with Gasteiger partial charge in [-0.1, -0.05) is 33.7 Å². The van der Waals surface area contributed by atoms with Crippen molar-refractivity contribution in [1.29, 1.82) is 0 Å². The molecule has 2 atom stereocenters. The van der Waals surface area contributed by atoms with Crippen molar-refractivity contribution in [1.82, 2.24) is 10.6 Å². The molecule has 2 N–H and O–H groups in total. The van der Waals surface area contributed by atoms with E-state index in [-0.39, 0.29) is 34.2 Å². The molecule has 4 aromatic rings. The van der Waals surface area contributed by atoms with Gasteiger partial charge in [0.25, 0.3) is 0 Å². The highest BCUT2D eigenvalue weighted by Crippen LogP contribution is 2.52. The van der Waals surface area contributed by atoms with E-state index < -0.39 is 12.1 Å². The van der Waals surface area contributed by atoms with E-state index in [1.807, 2.05) is 36.8 Å². The molecular formula is C44H48N2O10S4. The average Bonchev–Trinajstić information content (AvgIpc) is 3.65. The molecular weight excluding hydrogens is 845 g/mol. The van der Waals surface area contributed by atoms with E-state index >= 15 is 0 Å². The molecule has 0 fully saturated rings. The monoisotopic (exact) mass is 892 g/mol. The zero-order valence-electron chi connectivity index (χ0n) is 34.7. The molecule has 0 aromatic heterocycles. The molecule has 318 valence electrons. The highest BCUT2D eigenvalue weighted by molar-refractivity contribution is 8.77. The molecule has 0 heterocycles. The maximum Gasteiger partial charge on any atom is 0.231 e. The zero-order valence-corrected chi connectivity index (χ0v) is 38.0. The van der Waals surface area contributed by atoms with Gasteiger partial charge < -0.3 is 39.1 Å². The van der Waals surface area contributed by atoms with Gasteiger partial charge in [-0.25, -0.2) is 0 Å². The van der Waals surface area contributed by atoms with E-state index in [0.29, 0.717) is 81.1 Å². The molecule has 0 saturated carbocycles. The molecule has 60 heavy (non-hydrogen) atoms. The van der Waals surface area contributed by atoms with E-state index in [1.54, 1.807) is 66.9 Å². The second-order valence-corrected chi connectivity index (χ2v) is 17.9. The molecule has 0 bridgehead atoms. The predicted molar refractivity (Wildman–Crippen MR) is 242 cm³/mol. The number of aryl methyl sites for hydroxylation is 2. The summed E-state index contributed by atoms with van der Waals surface area (Å²) in [6.07, 6.45) is 5.86. The Hall–Kier alpha value is -4.64. The summed E-state index contributed by atoms with van der Waals surface area (Å²) < 4.78 is 34.5. The smallest absolute Gasteiger partial charge is 0.231 e. The molecule has 0 radical (unpaired) electrons. The minimum absolute atomic E-state index is 0.0683. The van der Waals surface area contributed by atoms with Crippen LogP contribution in [0.1, 0.15) is 47.2 Å².